The van der Waals surface area contributed by atoms with Gasteiger partial charge in [0.25, 0.3) is 0 Å². The van der Waals surface area contributed by atoms with Crippen molar-refractivity contribution in [1.82, 2.24) is 4.98 Å². The van der Waals surface area contributed by atoms with E-state index in [1.807, 2.05) is 36.4 Å². The van der Waals surface area contributed by atoms with E-state index >= 15 is 0 Å². The minimum atomic E-state index is 0.446. The van der Waals surface area contributed by atoms with Crippen LogP contribution in [0.2, 0.25) is 0 Å². The van der Waals surface area contributed by atoms with E-state index in [2.05, 4.69) is 23.7 Å². The van der Waals surface area contributed by atoms with Crippen molar-refractivity contribution in [3.05, 3.63) is 66.4 Å². The molecule has 1 aromatic heterocycles. The summed E-state index contributed by atoms with van der Waals surface area (Å²) in [6, 6.07) is 16.1. The number of pyridine rings is 1. The smallest absolute Gasteiger partial charge is 0.0992 e. The van der Waals surface area contributed by atoms with Gasteiger partial charge in [-0.1, -0.05) is 36.9 Å². The average Bonchev–Trinajstić information content (AvgIpc) is 2.46. The summed E-state index contributed by atoms with van der Waals surface area (Å²) in [5.41, 5.74) is 2.50. The minimum Gasteiger partial charge on any atom is -0.249 e. The molecule has 0 N–H and O–H groups in total. The first-order chi connectivity index (χ1) is 8.79. The highest BCUT2D eigenvalue weighted by Crippen LogP contribution is 2.21. The standard InChI is InChI=1S/C15H12N2S/c1-12(9-16)14-7-8-15(17-10-14)18-11-13-5-3-2-4-6-13/h2-8,10H,1,11H2. The number of nitriles is 1. The number of thioether (sulfide) groups is 1. The lowest BCUT2D eigenvalue weighted by molar-refractivity contribution is 1.12. The highest BCUT2D eigenvalue weighted by atomic mass is 32.2. The SMILES string of the molecule is C=C(C#N)c1ccc(SCc2ccccc2)nc1. The monoisotopic (exact) mass is 252 g/mol. The van der Waals surface area contributed by atoms with Gasteiger partial charge in [-0.15, -0.1) is 11.8 Å². The fourth-order valence-electron chi connectivity index (χ4n) is 1.44. The van der Waals surface area contributed by atoms with Crippen molar-refractivity contribution in [3.8, 4) is 6.07 Å². The molecule has 0 fully saturated rings. The van der Waals surface area contributed by atoms with Crippen LogP contribution in [-0.2, 0) is 5.75 Å². The van der Waals surface area contributed by atoms with Gasteiger partial charge in [0, 0.05) is 17.5 Å². The zero-order valence-electron chi connectivity index (χ0n) is 9.84. The van der Waals surface area contributed by atoms with Crippen LogP contribution >= 0.6 is 11.8 Å². The molecular formula is C15H12N2S. The van der Waals surface area contributed by atoms with E-state index in [0.717, 1.165) is 16.3 Å². The Bertz CT molecular complexity index is 568. The number of hydrogen-bond donors (Lipinski definition) is 0. The Morgan fingerprint density at radius 2 is 2.00 bits per heavy atom. The predicted octanol–water partition coefficient (Wildman–Crippen LogP) is 3.91. The third kappa shape index (κ3) is 3.22. The van der Waals surface area contributed by atoms with E-state index < -0.39 is 0 Å². The zero-order chi connectivity index (χ0) is 12.8. The molecule has 3 heteroatoms. The fraction of sp³-hybridized carbons (Fsp3) is 0.0667. The van der Waals surface area contributed by atoms with Crippen molar-refractivity contribution in [2.75, 3.05) is 0 Å². The number of nitrogens with zero attached hydrogens (tertiary/aromatic N) is 2. The van der Waals surface area contributed by atoms with E-state index in [1.54, 1.807) is 18.0 Å². The second kappa shape index (κ2) is 6.04. The van der Waals surface area contributed by atoms with Gasteiger partial charge in [-0.05, 0) is 17.7 Å². The number of rotatable bonds is 4. The molecule has 0 atom stereocenters. The van der Waals surface area contributed by atoms with Crippen LogP contribution < -0.4 is 0 Å². The molecule has 0 saturated heterocycles. The molecule has 0 amide bonds. The van der Waals surface area contributed by atoms with E-state index in [0.29, 0.717) is 5.57 Å². The maximum Gasteiger partial charge on any atom is 0.0992 e. The molecule has 0 aliphatic carbocycles. The molecular weight excluding hydrogens is 240 g/mol. The minimum absolute atomic E-state index is 0.446. The van der Waals surface area contributed by atoms with E-state index in [-0.39, 0.29) is 0 Å². The molecule has 0 bridgehead atoms. The first-order valence-electron chi connectivity index (χ1n) is 5.52. The summed E-state index contributed by atoms with van der Waals surface area (Å²) in [5, 5.41) is 9.68. The predicted molar refractivity (Wildman–Crippen MR) is 74.9 cm³/mol. The Kier molecular flexibility index (Phi) is 4.16. The molecule has 0 unspecified atom stereocenters. The van der Waals surface area contributed by atoms with Gasteiger partial charge in [-0.2, -0.15) is 5.26 Å². The van der Waals surface area contributed by atoms with Crippen molar-refractivity contribution in [2.24, 2.45) is 0 Å². The summed E-state index contributed by atoms with van der Waals surface area (Å²) in [4.78, 5) is 4.31. The molecule has 0 spiro atoms. The zero-order valence-corrected chi connectivity index (χ0v) is 10.7. The van der Waals surface area contributed by atoms with Gasteiger partial charge in [0.05, 0.1) is 16.7 Å². The van der Waals surface area contributed by atoms with Gasteiger partial charge < -0.3 is 0 Å². The highest BCUT2D eigenvalue weighted by Gasteiger charge is 2.00. The van der Waals surface area contributed by atoms with E-state index in [4.69, 9.17) is 5.26 Å². The lowest BCUT2D eigenvalue weighted by Gasteiger charge is -2.02. The second-order valence-corrected chi connectivity index (χ2v) is 4.75. The van der Waals surface area contributed by atoms with Gasteiger partial charge in [-0.25, -0.2) is 4.98 Å². The number of benzene rings is 1. The van der Waals surface area contributed by atoms with Crippen LogP contribution in [0.1, 0.15) is 11.1 Å². The first kappa shape index (κ1) is 12.4. The van der Waals surface area contributed by atoms with Crippen LogP contribution in [0, 0.1) is 11.3 Å². The average molecular weight is 252 g/mol. The molecule has 88 valence electrons. The largest absolute Gasteiger partial charge is 0.249 e. The summed E-state index contributed by atoms with van der Waals surface area (Å²) in [6.45, 7) is 3.66. The van der Waals surface area contributed by atoms with Crippen LogP contribution in [0.25, 0.3) is 5.57 Å². The topological polar surface area (TPSA) is 36.7 Å². The normalized spacial score (nSPS) is 9.72. The Morgan fingerprint density at radius 1 is 1.22 bits per heavy atom. The third-order valence-corrected chi connectivity index (χ3v) is 3.46. The van der Waals surface area contributed by atoms with Crippen molar-refractivity contribution >= 4 is 17.3 Å². The molecule has 2 aromatic rings. The van der Waals surface area contributed by atoms with Crippen molar-refractivity contribution < 1.29 is 0 Å². The summed E-state index contributed by atoms with van der Waals surface area (Å²) in [6.07, 6.45) is 1.69. The fourth-order valence-corrected chi connectivity index (χ4v) is 2.24. The Hall–Kier alpha value is -2.05. The summed E-state index contributed by atoms with van der Waals surface area (Å²) in [7, 11) is 0. The van der Waals surface area contributed by atoms with Crippen LogP contribution in [0.4, 0.5) is 0 Å². The van der Waals surface area contributed by atoms with Crippen LogP contribution in [0.3, 0.4) is 0 Å². The highest BCUT2D eigenvalue weighted by molar-refractivity contribution is 7.98. The maximum absolute atomic E-state index is 8.73. The Labute approximate surface area is 111 Å². The molecule has 2 nitrogen and oxygen atoms in total. The van der Waals surface area contributed by atoms with Crippen LogP contribution in [0.15, 0.2) is 60.3 Å². The quantitative estimate of drug-likeness (QED) is 0.611. The van der Waals surface area contributed by atoms with E-state index in [9.17, 15) is 0 Å². The Balaban J connectivity index is 1.99. The van der Waals surface area contributed by atoms with Crippen LogP contribution in [-0.4, -0.2) is 4.98 Å². The van der Waals surface area contributed by atoms with Gasteiger partial charge in [0.15, 0.2) is 0 Å². The third-order valence-electron chi connectivity index (χ3n) is 2.45. The lowest BCUT2D eigenvalue weighted by Crippen LogP contribution is -1.85. The molecule has 0 saturated carbocycles. The van der Waals surface area contributed by atoms with Gasteiger partial charge in [0.2, 0.25) is 0 Å². The summed E-state index contributed by atoms with van der Waals surface area (Å²) >= 11 is 1.68. The van der Waals surface area contributed by atoms with Gasteiger partial charge >= 0.3 is 0 Å². The van der Waals surface area contributed by atoms with Crippen LogP contribution in [0.5, 0.6) is 0 Å². The maximum atomic E-state index is 8.73. The molecule has 1 heterocycles. The van der Waals surface area contributed by atoms with Gasteiger partial charge in [0.1, 0.15) is 0 Å². The first-order valence-corrected chi connectivity index (χ1v) is 6.50. The Morgan fingerprint density at radius 3 is 2.61 bits per heavy atom. The number of allylic oxidation sites excluding steroid dienone is 1. The van der Waals surface area contributed by atoms with Crippen molar-refractivity contribution in [3.63, 3.8) is 0 Å². The molecule has 0 radical (unpaired) electrons. The molecule has 2 rings (SSSR count). The van der Waals surface area contributed by atoms with Gasteiger partial charge in [-0.3, -0.25) is 0 Å². The second-order valence-electron chi connectivity index (χ2n) is 3.75. The summed E-state index contributed by atoms with van der Waals surface area (Å²) in [5.74, 6) is 0.895. The van der Waals surface area contributed by atoms with E-state index in [1.165, 1.54) is 5.56 Å². The lowest BCUT2D eigenvalue weighted by atomic mass is 10.1. The molecule has 0 aliphatic rings. The molecule has 18 heavy (non-hydrogen) atoms. The molecule has 1 aromatic carbocycles. The van der Waals surface area contributed by atoms with Crippen molar-refractivity contribution in [2.45, 2.75) is 10.8 Å². The number of hydrogen-bond acceptors (Lipinski definition) is 3. The van der Waals surface area contributed by atoms with Crippen molar-refractivity contribution in [1.29, 1.82) is 5.26 Å². The molecule has 0 aliphatic heterocycles. The number of aromatic nitrogens is 1. The summed E-state index contributed by atoms with van der Waals surface area (Å²) < 4.78 is 0.